The first-order valence-electron chi connectivity index (χ1n) is 6.82. The highest BCUT2D eigenvalue weighted by Crippen LogP contribution is 2.37. The second-order valence-electron chi connectivity index (χ2n) is 5.41. The van der Waals surface area contributed by atoms with E-state index in [1.165, 1.54) is 0 Å². The predicted molar refractivity (Wildman–Crippen MR) is 73.8 cm³/mol. The van der Waals surface area contributed by atoms with E-state index in [0.717, 1.165) is 31.5 Å². The molecule has 112 valence electrons. The molecule has 0 amide bonds. The molecule has 0 aliphatic heterocycles. The Morgan fingerprint density at radius 3 is 2.60 bits per heavy atom. The van der Waals surface area contributed by atoms with Crippen molar-refractivity contribution in [3.63, 3.8) is 0 Å². The van der Waals surface area contributed by atoms with E-state index < -0.39 is 11.7 Å². The molecule has 0 saturated heterocycles. The minimum absolute atomic E-state index is 0.0203. The summed E-state index contributed by atoms with van der Waals surface area (Å²) in [6, 6.07) is 1.15. The van der Waals surface area contributed by atoms with E-state index in [1.807, 2.05) is 0 Å². The fourth-order valence-corrected chi connectivity index (χ4v) is 3.12. The van der Waals surface area contributed by atoms with E-state index in [9.17, 15) is 13.2 Å². The van der Waals surface area contributed by atoms with Gasteiger partial charge in [-0.3, -0.25) is 0 Å². The summed E-state index contributed by atoms with van der Waals surface area (Å²) in [5.41, 5.74) is -0.820. The maximum absolute atomic E-state index is 12.5. The summed E-state index contributed by atoms with van der Waals surface area (Å²) in [5, 5.41) is 3.21. The first kappa shape index (κ1) is 15.4. The van der Waals surface area contributed by atoms with Crippen molar-refractivity contribution in [1.82, 2.24) is 4.98 Å². The Balaban J connectivity index is 2.11. The summed E-state index contributed by atoms with van der Waals surface area (Å²) < 4.78 is 37.6. The van der Waals surface area contributed by atoms with E-state index in [-0.39, 0.29) is 11.1 Å². The number of pyridine rings is 1. The molecule has 6 heteroatoms. The van der Waals surface area contributed by atoms with Crippen LogP contribution in [0, 0.1) is 11.8 Å². The lowest BCUT2D eigenvalue weighted by molar-refractivity contribution is -0.137. The Bertz CT molecular complexity index is 476. The highest BCUT2D eigenvalue weighted by Gasteiger charge is 2.34. The average Bonchev–Trinajstić information content (AvgIpc) is 2.71. The van der Waals surface area contributed by atoms with Crippen LogP contribution in [-0.2, 0) is 6.18 Å². The molecule has 1 aliphatic carbocycles. The average molecular weight is 307 g/mol. The Morgan fingerprint density at radius 1 is 1.40 bits per heavy atom. The van der Waals surface area contributed by atoms with Gasteiger partial charge in [-0.15, -0.1) is 0 Å². The number of hydrogen-bond donors (Lipinski definition) is 1. The Kier molecular flexibility index (Phi) is 4.47. The summed E-state index contributed by atoms with van der Waals surface area (Å²) in [4.78, 5) is 3.83. The molecule has 1 saturated carbocycles. The van der Waals surface area contributed by atoms with Crippen molar-refractivity contribution >= 4 is 17.4 Å². The quantitative estimate of drug-likeness (QED) is 0.851. The van der Waals surface area contributed by atoms with Gasteiger partial charge in [-0.1, -0.05) is 31.9 Å². The molecule has 2 rings (SSSR count). The molecule has 2 nitrogen and oxygen atoms in total. The van der Waals surface area contributed by atoms with Gasteiger partial charge in [0.25, 0.3) is 0 Å². The van der Waals surface area contributed by atoms with Crippen molar-refractivity contribution in [1.29, 1.82) is 0 Å². The van der Waals surface area contributed by atoms with Crippen LogP contribution in [0.25, 0.3) is 0 Å². The third kappa shape index (κ3) is 3.19. The van der Waals surface area contributed by atoms with E-state index in [0.29, 0.717) is 17.7 Å². The van der Waals surface area contributed by atoms with Gasteiger partial charge in [-0.2, -0.15) is 13.2 Å². The van der Waals surface area contributed by atoms with E-state index in [1.54, 1.807) is 0 Å². The number of nitrogens with one attached hydrogen (secondary N) is 1. The van der Waals surface area contributed by atoms with Crippen molar-refractivity contribution in [2.75, 3.05) is 5.32 Å². The van der Waals surface area contributed by atoms with Gasteiger partial charge < -0.3 is 5.32 Å². The van der Waals surface area contributed by atoms with Crippen molar-refractivity contribution in [3.05, 3.63) is 22.8 Å². The minimum Gasteiger partial charge on any atom is -0.366 e. The molecule has 0 bridgehead atoms. The number of alkyl halides is 3. The summed E-state index contributed by atoms with van der Waals surface area (Å²) in [7, 11) is 0. The van der Waals surface area contributed by atoms with Crippen LogP contribution in [0.1, 0.15) is 38.7 Å². The second kappa shape index (κ2) is 5.80. The van der Waals surface area contributed by atoms with Crippen molar-refractivity contribution in [2.45, 2.75) is 45.3 Å². The Hall–Kier alpha value is -0.970. The summed E-state index contributed by atoms with van der Waals surface area (Å²) in [6.07, 6.45) is -0.339. The summed E-state index contributed by atoms with van der Waals surface area (Å²) in [5.74, 6) is 1.47. The molecule has 1 fully saturated rings. The van der Waals surface area contributed by atoms with Crippen LogP contribution >= 0.6 is 11.6 Å². The van der Waals surface area contributed by atoms with Gasteiger partial charge in [0.2, 0.25) is 0 Å². The van der Waals surface area contributed by atoms with Gasteiger partial charge in [-0.05, 0) is 30.7 Å². The van der Waals surface area contributed by atoms with Crippen LogP contribution in [0.15, 0.2) is 12.3 Å². The van der Waals surface area contributed by atoms with Crippen LogP contribution in [0.4, 0.5) is 19.0 Å². The molecular formula is C14H18ClF3N2. The molecule has 3 unspecified atom stereocenters. The third-order valence-electron chi connectivity index (χ3n) is 4.24. The molecule has 1 heterocycles. The molecule has 1 aromatic heterocycles. The van der Waals surface area contributed by atoms with Crippen LogP contribution in [0.2, 0.25) is 5.02 Å². The summed E-state index contributed by atoms with van der Waals surface area (Å²) in [6.45, 7) is 4.32. The monoisotopic (exact) mass is 306 g/mol. The van der Waals surface area contributed by atoms with Crippen molar-refractivity contribution < 1.29 is 13.2 Å². The van der Waals surface area contributed by atoms with Crippen LogP contribution in [0.5, 0.6) is 0 Å². The highest BCUT2D eigenvalue weighted by atomic mass is 35.5. The molecule has 3 atom stereocenters. The fourth-order valence-electron chi connectivity index (χ4n) is 2.90. The van der Waals surface area contributed by atoms with Gasteiger partial charge in [0, 0.05) is 12.2 Å². The maximum Gasteiger partial charge on any atom is 0.417 e. The molecule has 1 aromatic rings. The molecule has 0 aromatic carbocycles. The van der Waals surface area contributed by atoms with Gasteiger partial charge in [0.05, 0.1) is 10.6 Å². The van der Waals surface area contributed by atoms with E-state index in [4.69, 9.17) is 11.6 Å². The molecule has 20 heavy (non-hydrogen) atoms. The van der Waals surface area contributed by atoms with Crippen LogP contribution in [-0.4, -0.2) is 11.0 Å². The largest absolute Gasteiger partial charge is 0.417 e. The zero-order chi connectivity index (χ0) is 14.9. The number of aromatic nitrogens is 1. The first-order valence-corrected chi connectivity index (χ1v) is 7.20. The lowest BCUT2D eigenvalue weighted by Crippen LogP contribution is -2.25. The molecule has 0 spiro atoms. The predicted octanol–water partition coefficient (Wildman–Crippen LogP) is 4.99. The van der Waals surface area contributed by atoms with Crippen molar-refractivity contribution in [3.8, 4) is 0 Å². The third-order valence-corrected chi connectivity index (χ3v) is 4.53. The number of rotatable bonds is 3. The van der Waals surface area contributed by atoms with Gasteiger partial charge in [0.15, 0.2) is 0 Å². The zero-order valence-corrected chi connectivity index (χ0v) is 12.2. The van der Waals surface area contributed by atoms with Crippen LogP contribution < -0.4 is 5.32 Å². The Morgan fingerprint density at radius 2 is 2.10 bits per heavy atom. The van der Waals surface area contributed by atoms with Gasteiger partial charge in [-0.25, -0.2) is 4.98 Å². The maximum atomic E-state index is 12.5. The topological polar surface area (TPSA) is 24.9 Å². The lowest BCUT2D eigenvalue weighted by atomic mass is 9.93. The summed E-state index contributed by atoms with van der Waals surface area (Å²) >= 11 is 5.91. The lowest BCUT2D eigenvalue weighted by Gasteiger charge is -2.22. The van der Waals surface area contributed by atoms with E-state index in [2.05, 4.69) is 24.1 Å². The van der Waals surface area contributed by atoms with Crippen molar-refractivity contribution in [2.24, 2.45) is 11.8 Å². The Labute approximate surface area is 121 Å². The number of anilines is 1. The van der Waals surface area contributed by atoms with Gasteiger partial charge in [0.1, 0.15) is 5.82 Å². The van der Waals surface area contributed by atoms with Gasteiger partial charge >= 0.3 is 6.18 Å². The smallest absolute Gasteiger partial charge is 0.366 e. The highest BCUT2D eigenvalue weighted by molar-refractivity contribution is 6.33. The molecule has 1 aliphatic rings. The second-order valence-corrected chi connectivity index (χ2v) is 5.82. The fraction of sp³-hybridized carbons (Fsp3) is 0.643. The van der Waals surface area contributed by atoms with Crippen LogP contribution in [0.3, 0.4) is 0 Å². The minimum atomic E-state index is -4.41. The number of nitrogens with zero attached hydrogens (tertiary/aromatic N) is 1. The molecular weight excluding hydrogens is 289 g/mol. The number of halogens is 4. The standard InChI is InChI=1S/C14H18ClF3N2/c1-3-9-4-5-12(8(9)2)20-13-11(15)6-10(7-19-13)14(16,17)18/h6-9,12H,3-5H2,1-2H3,(H,19,20). The SMILES string of the molecule is CCC1CCC(Nc2ncc(C(F)(F)F)cc2Cl)C1C. The molecule has 1 N–H and O–H groups in total. The zero-order valence-electron chi connectivity index (χ0n) is 11.5. The molecule has 0 radical (unpaired) electrons. The van der Waals surface area contributed by atoms with E-state index >= 15 is 0 Å². The first-order chi connectivity index (χ1) is 9.32. The number of hydrogen-bond acceptors (Lipinski definition) is 2. The normalized spacial score (nSPS) is 26.8.